The van der Waals surface area contributed by atoms with Gasteiger partial charge < -0.3 is 0 Å². The molecule has 9 nitrogen and oxygen atoms in total. The molecule has 0 aromatic rings. The third kappa shape index (κ3) is 5.26. The number of carbonyl (C=O) groups excluding carboxylic acids is 1. The maximum atomic E-state index is 11.8. The van der Waals surface area contributed by atoms with Crippen LogP contribution in [0.5, 0.6) is 0 Å². The summed E-state index contributed by atoms with van der Waals surface area (Å²) in [7, 11) is 0. The van der Waals surface area contributed by atoms with Crippen LogP contribution in [-0.4, -0.2) is 82.7 Å². The molecule has 136 valence electrons. The number of carboxylic acid groups (broad SMARTS) is 1. The zero-order valence-corrected chi connectivity index (χ0v) is 19.9. The first-order chi connectivity index (χ1) is 11.2. The van der Waals surface area contributed by atoms with Gasteiger partial charge in [0, 0.05) is 0 Å². The molecule has 1 saturated heterocycles. The van der Waals surface area contributed by atoms with Crippen molar-refractivity contribution in [2.45, 2.75) is 53.2 Å². The Morgan fingerprint density at radius 3 is 2.54 bits per heavy atom. The average molecular weight is 554 g/mol. The number of carboxylic acids is 1. The summed E-state index contributed by atoms with van der Waals surface area (Å²) in [6.45, 7) is 0.432. The number of ether oxygens (including phenoxy) is 1. The third-order valence-electron chi connectivity index (χ3n) is 3.73. The second-order valence-corrected chi connectivity index (χ2v) is 15.7. The van der Waals surface area contributed by atoms with Gasteiger partial charge in [-0.05, 0) is 0 Å². The van der Waals surface area contributed by atoms with E-state index >= 15 is 0 Å². The number of hydrogen-bond donors (Lipinski definition) is 6. The molecule has 24 heavy (non-hydrogen) atoms. The molecule has 1 fully saturated rings. The SMILES string of the molecule is [CH3][Hg][CH2]S[C@]1(C(=O)O)C[C@H](O)[C@@H](NC(C)=O)[C@H]([C@H](O)[C@H](O)CO)O1. The monoisotopic (exact) mass is 555 g/mol. The fraction of sp³-hybridized carbons (Fsp3) is 0.846. The van der Waals surface area contributed by atoms with E-state index in [0.29, 0.717) is 3.26 Å². The number of amides is 1. The molecule has 11 heteroatoms. The van der Waals surface area contributed by atoms with E-state index in [1.54, 1.807) is 0 Å². The van der Waals surface area contributed by atoms with E-state index in [1.165, 1.54) is 6.92 Å². The zero-order chi connectivity index (χ0) is 18.5. The summed E-state index contributed by atoms with van der Waals surface area (Å²) in [5.74, 6) is -1.79. The molecule has 0 aromatic carbocycles. The number of nitrogens with one attached hydrogen (secondary N) is 1. The van der Waals surface area contributed by atoms with Gasteiger partial charge in [-0.15, -0.1) is 0 Å². The summed E-state index contributed by atoms with van der Waals surface area (Å²) in [5.41, 5.74) is 0. The summed E-state index contributed by atoms with van der Waals surface area (Å²) < 4.78 is 8.34. The summed E-state index contributed by atoms with van der Waals surface area (Å²) in [5, 5.41) is 51.3. The fourth-order valence-corrected chi connectivity index (χ4v) is 9.90. The van der Waals surface area contributed by atoms with Gasteiger partial charge >= 0.3 is 156 Å². The van der Waals surface area contributed by atoms with E-state index in [0.717, 1.165) is 11.8 Å². The Bertz CT molecular complexity index is 456. The minimum absolute atomic E-state index is 0.260. The van der Waals surface area contributed by atoms with Crippen molar-refractivity contribution >= 4 is 23.6 Å². The van der Waals surface area contributed by atoms with Crippen molar-refractivity contribution in [3.05, 3.63) is 0 Å². The summed E-state index contributed by atoms with van der Waals surface area (Å²) in [6.07, 6.45) is -6.20. The Hall–Kier alpha value is 0.0251. The van der Waals surface area contributed by atoms with Gasteiger partial charge in [0.2, 0.25) is 0 Å². The zero-order valence-electron chi connectivity index (χ0n) is 13.6. The molecule has 0 spiro atoms. The molecule has 0 aromatic heterocycles. The standard InChI is InChI=1S/C12H20NO8S.CH3.Hg/c1-5(15)13-8-6(16)3-12(22-2,11(19)20)21-10(8)9(18)7(17)4-14;;/h6-10,14,16-18H,2-4H2,1H3,(H,13,15)(H,19,20);1H3;/t6-,7+,8+,9+,10+,12-;;/m0../s1. The molecular weight excluding hydrogens is 531 g/mol. The topological polar surface area (TPSA) is 157 Å². The molecule has 1 aliphatic heterocycles. The van der Waals surface area contributed by atoms with Crippen LogP contribution in [0.25, 0.3) is 0 Å². The Kier molecular flexibility index (Phi) is 8.87. The molecule has 0 unspecified atom stereocenters. The van der Waals surface area contributed by atoms with E-state index in [9.17, 15) is 30.0 Å². The number of aliphatic hydroxyl groups is 4. The van der Waals surface area contributed by atoms with Gasteiger partial charge in [0.05, 0.1) is 0 Å². The Labute approximate surface area is 156 Å². The average Bonchev–Trinajstić information content (AvgIpc) is 2.53. The van der Waals surface area contributed by atoms with Crippen molar-refractivity contribution in [1.82, 2.24) is 5.32 Å². The number of aliphatic hydroxyl groups excluding tert-OH is 4. The van der Waals surface area contributed by atoms with Crippen molar-refractivity contribution in [3.8, 4) is 0 Å². The van der Waals surface area contributed by atoms with Gasteiger partial charge in [-0.25, -0.2) is 0 Å². The predicted molar refractivity (Wildman–Crippen MR) is 80.9 cm³/mol. The maximum absolute atomic E-state index is 11.8. The van der Waals surface area contributed by atoms with Crippen LogP contribution in [0.1, 0.15) is 13.3 Å². The van der Waals surface area contributed by atoms with Crippen LogP contribution in [-0.2, 0) is 38.9 Å². The van der Waals surface area contributed by atoms with Crippen LogP contribution in [0.3, 0.4) is 0 Å². The number of rotatable bonds is 8. The summed E-state index contributed by atoms with van der Waals surface area (Å²) in [4.78, 5) is 21.3. The molecule has 0 saturated carbocycles. The van der Waals surface area contributed by atoms with Crippen molar-refractivity contribution < 1.29 is 64.4 Å². The third-order valence-corrected chi connectivity index (χ3v) is 12.4. The number of carbonyl (C=O) groups is 2. The van der Waals surface area contributed by atoms with Crippen LogP contribution in [0.2, 0.25) is 4.43 Å². The van der Waals surface area contributed by atoms with Gasteiger partial charge in [0.15, 0.2) is 0 Å². The second kappa shape index (κ2) is 9.65. The summed E-state index contributed by atoms with van der Waals surface area (Å²) in [6, 6.07) is -1.10. The molecule has 6 N–H and O–H groups in total. The molecule has 0 bridgehead atoms. The fourth-order valence-electron chi connectivity index (χ4n) is 2.54. The number of hydrogen-bond acceptors (Lipinski definition) is 8. The first-order valence-corrected chi connectivity index (χ1v) is 18.0. The van der Waals surface area contributed by atoms with Crippen LogP contribution >= 0.6 is 11.8 Å². The Morgan fingerprint density at radius 1 is 1.46 bits per heavy atom. The molecule has 1 aliphatic rings. The number of aliphatic carboxylic acids is 1. The van der Waals surface area contributed by atoms with E-state index in [2.05, 4.69) is 9.75 Å². The van der Waals surface area contributed by atoms with E-state index in [-0.39, 0.29) is 6.42 Å². The Balaban J connectivity index is 3.16. The van der Waals surface area contributed by atoms with Crippen LogP contribution in [0, 0.1) is 0 Å². The molecular formula is C13H23HgNO8S. The van der Waals surface area contributed by atoms with Gasteiger partial charge in [-0.1, -0.05) is 0 Å². The predicted octanol–water partition coefficient (Wildman–Crippen LogP) is -2.04. The molecule has 1 amide bonds. The van der Waals surface area contributed by atoms with Crippen LogP contribution in [0.15, 0.2) is 0 Å². The van der Waals surface area contributed by atoms with Crippen LogP contribution < -0.4 is 5.32 Å². The van der Waals surface area contributed by atoms with E-state index in [1.807, 2.05) is 0 Å². The van der Waals surface area contributed by atoms with E-state index < -0.39 is 78.4 Å². The van der Waals surface area contributed by atoms with Crippen molar-refractivity contribution in [1.29, 1.82) is 0 Å². The molecule has 1 heterocycles. The van der Waals surface area contributed by atoms with Gasteiger partial charge in [0.1, 0.15) is 0 Å². The molecule has 0 radical (unpaired) electrons. The normalized spacial score (nSPS) is 32.5. The van der Waals surface area contributed by atoms with Crippen molar-refractivity contribution in [3.63, 3.8) is 0 Å². The minimum atomic E-state index is -1.76. The van der Waals surface area contributed by atoms with Crippen molar-refractivity contribution in [2.24, 2.45) is 0 Å². The molecule has 6 atom stereocenters. The van der Waals surface area contributed by atoms with Gasteiger partial charge in [-0.2, -0.15) is 0 Å². The van der Waals surface area contributed by atoms with Crippen LogP contribution in [0.4, 0.5) is 0 Å². The quantitative estimate of drug-likeness (QED) is 0.186. The molecule has 1 rings (SSSR count). The second-order valence-electron chi connectivity index (χ2n) is 5.73. The van der Waals surface area contributed by atoms with Crippen molar-refractivity contribution in [2.75, 3.05) is 9.87 Å². The first-order valence-electron chi connectivity index (χ1n) is 7.65. The molecule has 0 aliphatic carbocycles. The van der Waals surface area contributed by atoms with E-state index in [4.69, 9.17) is 9.84 Å². The number of thioether (sulfide) groups is 1. The first kappa shape index (κ1) is 22.1. The summed E-state index contributed by atoms with van der Waals surface area (Å²) >= 11 is -0.114. The Morgan fingerprint density at radius 2 is 2.08 bits per heavy atom. The van der Waals surface area contributed by atoms with Gasteiger partial charge in [0.25, 0.3) is 0 Å². The van der Waals surface area contributed by atoms with Gasteiger partial charge in [-0.3, -0.25) is 0 Å².